The minimum atomic E-state index is 0.824. The highest BCUT2D eigenvalue weighted by Gasteiger charge is 2.05. The first-order valence-electron chi connectivity index (χ1n) is 3.04. The lowest BCUT2D eigenvalue weighted by Crippen LogP contribution is -2.01. The summed E-state index contributed by atoms with van der Waals surface area (Å²) in [7, 11) is 1.80. The second kappa shape index (κ2) is 1.76. The van der Waals surface area contributed by atoms with Crippen molar-refractivity contribution in [1.29, 1.82) is 0 Å². The summed E-state index contributed by atoms with van der Waals surface area (Å²) in [6.45, 7) is 0. The maximum absolute atomic E-state index is 4.09. The zero-order valence-electron chi connectivity index (χ0n) is 5.57. The largest absolute Gasteiger partial charge is 0.375 e. The lowest BCUT2D eigenvalue weighted by molar-refractivity contribution is -0.347. The summed E-state index contributed by atoms with van der Waals surface area (Å²) in [6, 6.07) is 3.82. The molecule has 0 saturated heterocycles. The Morgan fingerprint density at radius 2 is 2.40 bits per heavy atom. The molecular weight excluding hydrogens is 128 g/mol. The van der Waals surface area contributed by atoms with Gasteiger partial charge >= 0.3 is 5.65 Å². The standard InChI is InChI=1S/C6H6N4/c1-10-8-5-3-2-4-7-6(5)9-10/h2-4H,1H3/p+1. The molecule has 0 spiro atoms. The molecule has 0 atom stereocenters. The minimum absolute atomic E-state index is 0.824. The topological polar surface area (TPSA) is 44.9 Å². The van der Waals surface area contributed by atoms with Gasteiger partial charge in [-0.25, -0.2) is 4.98 Å². The SMILES string of the molecule is Cn1nc2ccc[nH+]c2n1. The van der Waals surface area contributed by atoms with Gasteiger partial charge in [0, 0.05) is 0 Å². The Kier molecular flexibility index (Phi) is 0.943. The molecule has 0 bridgehead atoms. The van der Waals surface area contributed by atoms with Crippen molar-refractivity contribution in [3.05, 3.63) is 18.3 Å². The lowest BCUT2D eigenvalue weighted by Gasteiger charge is -1.72. The van der Waals surface area contributed by atoms with Crippen LogP contribution in [0.5, 0.6) is 0 Å². The Balaban J connectivity index is 2.88. The molecule has 4 heteroatoms. The third-order valence-corrected chi connectivity index (χ3v) is 1.31. The quantitative estimate of drug-likeness (QED) is 0.501. The number of fused-ring (bicyclic) bond motifs is 1. The summed E-state index contributed by atoms with van der Waals surface area (Å²) in [5.41, 5.74) is 1.72. The molecule has 0 aliphatic carbocycles. The molecule has 0 saturated carbocycles. The van der Waals surface area contributed by atoms with Crippen LogP contribution in [0.3, 0.4) is 0 Å². The molecule has 2 heterocycles. The van der Waals surface area contributed by atoms with Gasteiger partial charge in [-0.15, -0.1) is 5.10 Å². The summed E-state index contributed by atoms with van der Waals surface area (Å²) in [5, 5.41) is 8.15. The smallest absolute Gasteiger partial charge is 0.240 e. The van der Waals surface area contributed by atoms with Crippen molar-refractivity contribution in [3.8, 4) is 0 Å². The number of pyridine rings is 1. The third-order valence-electron chi connectivity index (χ3n) is 1.31. The predicted octanol–water partition coefficient (Wildman–Crippen LogP) is -0.218. The first-order valence-corrected chi connectivity index (χ1v) is 3.04. The normalized spacial score (nSPS) is 10.5. The van der Waals surface area contributed by atoms with Crippen molar-refractivity contribution in [2.75, 3.05) is 0 Å². The van der Waals surface area contributed by atoms with Gasteiger partial charge in [-0.05, 0) is 12.1 Å². The van der Waals surface area contributed by atoms with E-state index < -0.39 is 0 Å². The Labute approximate surface area is 57.5 Å². The monoisotopic (exact) mass is 135 g/mol. The van der Waals surface area contributed by atoms with E-state index in [2.05, 4.69) is 15.2 Å². The zero-order valence-corrected chi connectivity index (χ0v) is 5.57. The van der Waals surface area contributed by atoms with Crippen LogP contribution >= 0.6 is 0 Å². The van der Waals surface area contributed by atoms with Crippen LogP contribution in [0.25, 0.3) is 11.2 Å². The third kappa shape index (κ3) is 0.655. The van der Waals surface area contributed by atoms with E-state index in [0.29, 0.717) is 0 Å². The molecule has 2 aromatic rings. The highest BCUT2D eigenvalue weighted by atomic mass is 15.5. The number of nitrogens with one attached hydrogen (secondary N) is 1. The van der Waals surface area contributed by atoms with E-state index >= 15 is 0 Å². The molecule has 2 rings (SSSR count). The van der Waals surface area contributed by atoms with Crippen molar-refractivity contribution >= 4 is 11.2 Å². The van der Waals surface area contributed by atoms with Gasteiger partial charge in [-0.1, -0.05) is 4.80 Å². The summed E-state index contributed by atoms with van der Waals surface area (Å²) in [4.78, 5) is 4.52. The Hall–Kier alpha value is -1.45. The zero-order chi connectivity index (χ0) is 6.97. The molecule has 0 unspecified atom stereocenters. The number of hydrogen-bond acceptors (Lipinski definition) is 2. The second-order valence-corrected chi connectivity index (χ2v) is 2.09. The summed E-state index contributed by atoms with van der Waals surface area (Å²) < 4.78 is 0. The van der Waals surface area contributed by atoms with Crippen LogP contribution in [0.1, 0.15) is 0 Å². The lowest BCUT2D eigenvalue weighted by atomic mass is 10.4. The molecule has 4 nitrogen and oxygen atoms in total. The number of aromatic amines is 1. The van der Waals surface area contributed by atoms with E-state index in [4.69, 9.17) is 0 Å². The molecule has 50 valence electrons. The maximum atomic E-state index is 4.09. The number of aromatic nitrogens is 4. The molecule has 0 aliphatic rings. The summed E-state index contributed by atoms with van der Waals surface area (Å²) in [5.74, 6) is 0. The molecule has 0 aliphatic heterocycles. The highest BCUT2D eigenvalue weighted by Crippen LogP contribution is 1.97. The molecule has 1 N–H and O–H groups in total. The van der Waals surface area contributed by atoms with Crippen LogP contribution in [0.15, 0.2) is 18.3 Å². The fourth-order valence-corrected chi connectivity index (χ4v) is 0.903. The maximum Gasteiger partial charge on any atom is 0.375 e. The van der Waals surface area contributed by atoms with Crippen molar-refractivity contribution in [2.24, 2.45) is 7.05 Å². The molecule has 10 heavy (non-hydrogen) atoms. The van der Waals surface area contributed by atoms with Gasteiger partial charge in [-0.3, -0.25) is 0 Å². The average Bonchev–Trinajstić information content (AvgIpc) is 2.27. The van der Waals surface area contributed by atoms with Gasteiger partial charge in [0.05, 0.1) is 18.3 Å². The van der Waals surface area contributed by atoms with Crippen molar-refractivity contribution in [3.63, 3.8) is 0 Å². The van der Waals surface area contributed by atoms with Gasteiger partial charge in [-0.2, -0.15) is 0 Å². The van der Waals surface area contributed by atoms with E-state index in [1.807, 2.05) is 18.3 Å². The minimum Gasteiger partial charge on any atom is -0.240 e. The number of hydrogen-bond donors (Lipinski definition) is 0. The van der Waals surface area contributed by atoms with Crippen LogP contribution in [-0.4, -0.2) is 15.0 Å². The number of aryl methyl sites for hydroxylation is 1. The van der Waals surface area contributed by atoms with Crippen LogP contribution in [0.2, 0.25) is 0 Å². The van der Waals surface area contributed by atoms with Crippen LogP contribution in [0.4, 0.5) is 0 Å². The van der Waals surface area contributed by atoms with Gasteiger partial charge in [0.15, 0.2) is 5.52 Å². The van der Waals surface area contributed by atoms with Gasteiger partial charge in [0.2, 0.25) is 0 Å². The van der Waals surface area contributed by atoms with Crippen molar-refractivity contribution < 1.29 is 4.98 Å². The first kappa shape index (κ1) is 5.34. The van der Waals surface area contributed by atoms with Gasteiger partial charge < -0.3 is 0 Å². The van der Waals surface area contributed by atoms with Crippen molar-refractivity contribution in [1.82, 2.24) is 15.0 Å². The number of H-pyrrole nitrogens is 1. The molecule has 0 radical (unpaired) electrons. The molecule has 2 aromatic heterocycles. The van der Waals surface area contributed by atoms with E-state index in [0.717, 1.165) is 11.2 Å². The average molecular weight is 135 g/mol. The predicted molar refractivity (Wildman–Crippen MR) is 35.1 cm³/mol. The Morgan fingerprint density at radius 3 is 3.20 bits per heavy atom. The Morgan fingerprint density at radius 1 is 1.50 bits per heavy atom. The van der Waals surface area contributed by atoms with E-state index in [9.17, 15) is 0 Å². The van der Waals surface area contributed by atoms with Crippen molar-refractivity contribution in [2.45, 2.75) is 0 Å². The van der Waals surface area contributed by atoms with E-state index in [1.165, 1.54) is 0 Å². The summed E-state index contributed by atoms with van der Waals surface area (Å²) in [6.07, 6.45) is 1.83. The summed E-state index contributed by atoms with van der Waals surface area (Å²) >= 11 is 0. The van der Waals surface area contributed by atoms with E-state index in [1.54, 1.807) is 11.8 Å². The molecule has 0 fully saturated rings. The second-order valence-electron chi connectivity index (χ2n) is 2.09. The molecule has 0 aromatic carbocycles. The van der Waals surface area contributed by atoms with E-state index in [-0.39, 0.29) is 0 Å². The fourth-order valence-electron chi connectivity index (χ4n) is 0.903. The first-order chi connectivity index (χ1) is 4.86. The molecular formula is C6H7N4+. The fraction of sp³-hybridized carbons (Fsp3) is 0.167. The molecule has 0 amide bonds. The van der Waals surface area contributed by atoms with Gasteiger partial charge in [0.1, 0.15) is 0 Å². The number of nitrogens with zero attached hydrogens (tertiary/aromatic N) is 3. The van der Waals surface area contributed by atoms with Gasteiger partial charge in [0.25, 0.3) is 0 Å². The van der Waals surface area contributed by atoms with Crippen LogP contribution < -0.4 is 4.98 Å². The van der Waals surface area contributed by atoms with Crippen LogP contribution in [0, 0.1) is 0 Å². The number of rotatable bonds is 0. The Bertz CT molecular complexity index is 318. The highest BCUT2D eigenvalue weighted by molar-refractivity contribution is 5.64. The van der Waals surface area contributed by atoms with Crippen LogP contribution in [-0.2, 0) is 7.05 Å².